The molecule has 0 saturated carbocycles. The molecule has 0 atom stereocenters. The Hall–Kier alpha value is -3.65. The minimum absolute atomic E-state index is 0.00487. The average molecular weight is 452 g/mol. The molecule has 3 aromatic carbocycles. The van der Waals surface area contributed by atoms with Gasteiger partial charge in [0.25, 0.3) is 15.9 Å². The van der Waals surface area contributed by atoms with E-state index in [-0.39, 0.29) is 23.1 Å². The highest BCUT2D eigenvalue weighted by atomic mass is 32.2. The Morgan fingerprint density at radius 3 is 1.97 bits per heavy atom. The van der Waals surface area contributed by atoms with Gasteiger partial charge in [-0.3, -0.25) is 13.9 Å². The standard InChI is InChI=1S/C24H25N3O4S/c1-26(2)23(28)17-18-9-13-20(14-10-18)25-24(29)19-11-15-22(16-12-19)32(30,31)27(3)21-7-5-4-6-8-21/h4-16H,17H2,1-3H3,(H,25,29). The highest BCUT2D eigenvalue weighted by Gasteiger charge is 2.21. The number of sulfonamides is 1. The molecule has 166 valence electrons. The van der Waals surface area contributed by atoms with Crippen LogP contribution in [0.25, 0.3) is 0 Å². The van der Waals surface area contributed by atoms with Crippen molar-refractivity contribution in [1.29, 1.82) is 0 Å². The number of carbonyl (C=O) groups is 2. The fourth-order valence-electron chi connectivity index (χ4n) is 2.96. The maximum absolute atomic E-state index is 12.9. The van der Waals surface area contributed by atoms with Gasteiger partial charge in [0, 0.05) is 32.4 Å². The number of rotatable bonds is 7. The van der Waals surface area contributed by atoms with Crippen molar-refractivity contribution in [3.8, 4) is 0 Å². The largest absolute Gasteiger partial charge is 0.349 e. The van der Waals surface area contributed by atoms with E-state index in [0.717, 1.165) is 5.56 Å². The molecule has 0 unspecified atom stereocenters. The van der Waals surface area contributed by atoms with Crippen molar-refractivity contribution < 1.29 is 18.0 Å². The molecule has 8 heteroatoms. The van der Waals surface area contributed by atoms with Crippen molar-refractivity contribution in [2.24, 2.45) is 0 Å². The van der Waals surface area contributed by atoms with Crippen molar-refractivity contribution in [1.82, 2.24) is 4.90 Å². The number of amides is 2. The Morgan fingerprint density at radius 2 is 1.41 bits per heavy atom. The van der Waals surface area contributed by atoms with Crippen LogP contribution in [0.5, 0.6) is 0 Å². The van der Waals surface area contributed by atoms with E-state index in [4.69, 9.17) is 0 Å². The summed E-state index contributed by atoms with van der Waals surface area (Å²) in [7, 11) is 1.15. The molecule has 0 aliphatic rings. The van der Waals surface area contributed by atoms with E-state index < -0.39 is 10.0 Å². The lowest BCUT2D eigenvalue weighted by Crippen LogP contribution is -2.26. The summed E-state index contributed by atoms with van der Waals surface area (Å²) in [5.41, 5.74) is 2.30. The van der Waals surface area contributed by atoms with Crippen molar-refractivity contribution in [2.45, 2.75) is 11.3 Å². The summed E-state index contributed by atoms with van der Waals surface area (Å²) in [6, 6.07) is 21.6. The molecule has 0 aliphatic carbocycles. The lowest BCUT2D eigenvalue weighted by Gasteiger charge is -2.19. The minimum Gasteiger partial charge on any atom is -0.349 e. The molecule has 2 amide bonds. The van der Waals surface area contributed by atoms with Crippen molar-refractivity contribution in [3.05, 3.63) is 90.0 Å². The summed E-state index contributed by atoms with van der Waals surface area (Å²) >= 11 is 0. The molecular weight excluding hydrogens is 426 g/mol. The van der Waals surface area contributed by atoms with E-state index in [1.807, 2.05) is 6.07 Å². The number of likely N-dealkylation sites (N-methyl/N-ethyl adjacent to an activating group) is 1. The summed E-state index contributed by atoms with van der Waals surface area (Å²) < 4.78 is 26.9. The van der Waals surface area contributed by atoms with Gasteiger partial charge in [-0.05, 0) is 54.1 Å². The summed E-state index contributed by atoms with van der Waals surface area (Å²) in [6.45, 7) is 0. The van der Waals surface area contributed by atoms with E-state index >= 15 is 0 Å². The molecule has 1 N–H and O–H groups in total. The summed E-state index contributed by atoms with van der Waals surface area (Å²) in [5.74, 6) is -0.364. The summed E-state index contributed by atoms with van der Waals surface area (Å²) in [4.78, 5) is 26.0. The van der Waals surface area contributed by atoms with Gasteiger partial charge in [-0.1, -0.05) is 30.3 Å². The third-order valence-corrected chi connectivity index (χ3v) is 6.76. The highest BCUT2D eigenvalue weighted by Crippen LogP contribution is 2.22. The lowest BCUT2D eigenvalue weighted by atomic mass is 10.1. The van der Waals surface area contributed by atoms with Crippen LogP contribution in [0.1, 0.15) is 15.9 Å². The van der Waals surface area contributed by atoms with Crippen molar-refractivity contribution >= 4 is 33.2 Å². The van der Waals surface area contributed by atoms with Crippen LogP contribution in [0.15, 0.2) is 83.8 Å². The first kappa shape index (κ1) is 23.0. The molecule has 7 nitrogen and oxygen atoms in total. The van der Waals surface area contributed by atoms with Crippen molar-refractivity contribution in [3.63, 3.8) is 0 Å². The second-order valence-corrected chi connectivity index (χ2v) is 9.42. The predicted molar refractivity (Wildman–Crippen MR) is 125 cm³/mol. The first-order valence-corrected chi connectivity index (χ1v) is 11.4. The normalized spacial score (nSPS) is 11.0. The Bertz CT molecular complexity index is 1190. The first-order chi connectivity index (χ1) is 15.2. The lowest BCUT2D eigenvalue weighted by molar-refractivity contribution is -0.127. The van der Waals surface area contributed by atoms with Gasteiger partial charge in [0.15, 0.2) is 0 Å². The first-order valence-electron chi connectivity index (χ1n) is 9.93. The molecule has 0 aliphatic heterocycles. The third-order valence-electron chi connectivity index (χ3n) is 4.96. The minimum atomic E-state index is -3.74. The van der Waals surface area contributed by atoms with Crippen LogP contribution in [0.4, 0.5) is 11.4 Å². The second-order valence-electron chi connectivity index (χ2n) is 7.45. The SMILES string of the molecule is CN(C)C(=O)Cc1ccc(NC(=O)c2ccc(S(=O)(=O)N(C)c3ccccc3)cc2)cc1. The summed E-state index contributed by atoms with van der Waals surface area (Å²) in [6.07, 6.45) is 0.286. The van der Waals surface area contributed by atoms with Crippen molar-refractivity contribution in [2.75, 3.05) is 30.8 Å². The fourth-order valence-corrected chi connectivity index (χ4v) is 4.15. The third kappa shape index (κ3) is 5.33. The van der Waals surface area contributed by atoms with Gasteiger partial charge in [0.1, 0.15) is 0 Å². The van der Waals surface area contributed by atoms with Gasteiger partial charge in [-0.25, -0.2) is 8.42 Å². The molecule has 0 heterocycles. The molecule has 32 heavy (non-hydrogen) atoms. The number of nitrogens with zero attached hydrogens (tertiary/aromatic N) is 2. The Labute approximate surface area is 188 Å². The van der Waals surface area contributed by atoms with Gasteiger partial charge >= 0.3 is 0 Å². The molecule has 3 rings (SSSR count). The molecule has 0 spiro atoms. The van der Waals surface area contributed by atoms with Crippen LogP contribution in [0.3, 0.4) is 0 Å². The van der Waals surface area contributed by atoms with E-state index in [9.17, 15) is 18.0 Å². The van der Waals surface area contributed by atoms with Gasteiger partial charge in [0.2, 0.25) is 5.91 Å². The molecule has 0 radical (unpaired) electrons. The Kier molecular flexibility index (Phi) is 6.95. The molecule has 0 fully saturated rings. The average Bonchev–Trinajstić information content (AvgIpc) is 2.80. The van der Waals surface area contributed by atoms with Crippen LogP contribution in [0, 0.1) is 0 Å². The maximum atomic E-state index is 12.9. The zero-order chi connectivity index (χ0) is 23.3. The maximum Gasteiger partial charge on any atom is 0.264 e. The number of nitrogens with one attached hydrogen (secondary N) is 1. The zero-order valence-electron chi connectivity index (χ0n) is 18.1. The van der Waals surface area contributed by atoms with Crippen LogP contribution in [-0.4, -0.2) is 46.3 Å². The smallest absolute Gasteiger partial charge is 0.264 e. The van der Waals surface area contributed by atoms with Gasteiger partial charge < -0.3 is 10.2 Å². The Morgan fingerprint density at radius 1 is 0.812 bits per heavy atom. The molecular formula is C24H25N3O4S. The Balaban J connectivity index is 1.68. The number of para-hydroxylation sites is 1. The highest BCUT2D eigenvalue weighted by molar-refractivity contribution is 7.92. The number of benzene rings is 3. The van der Waals surface area contributed by atoms with Gasteiger partial charge in [-0.15, -0.1) is 0 Å². The van der Waals surface area contributed by atoms with E-state index in [1.165, 1.54) is 40.5 Å². The topological polar surface area (TPSA) is 86.8 Å². The predicted octanol–water partition coefficient (Wildman–Crippen LogP) is 3.39. The van der Waals surface area contributed by atoms with Crippen LogP contribution >= 0.6 is 0 Å². The fraction of sp³-hybridized carbons (Fsp3) is 0.167. The number of carbonyl (C=O) groups excluding carboxylic acids is 2. The molecule has 0 bridgehead atoms. The van der Waals surface area contributed by atoms with Crippen LogP contribution in [0.2, 0.25) is 0 Å². The van der Waals surface area contributed by atoms with Gasteiger partial charge in [-0.2, -0.15) is 0 Å². The summed E-state index contributed by atoms with van der Waals surface area (Å²) in [5, 5.41) is 2.77. The molecule has 0 saturated heterocycles. The van der Waals surface area contributed by atoms with Crippen LogP contribution in [-0.2, 0) is 21.2 Å². The zero-order valence-corrected chi connectivity index (χ0v) is 19.0. The second kappa shape index (κ2) is 9.65. The number of hydrogen-bond acceptors (Lipinski definition) is 4. The number of anilines is 2. The van der Waals surface area contributed by atoms with E-state index in [1.54, 1.807) is 62.6 Å². The van der Waals surface area contributed by atoms with Gasteiger partial charge in [0.05, 0.1) is 17.0 Å². The molecule has 0 aromatic heterocycles. The van der Waals surface area contributed by atoms with E-state index in [2.05, 4.69) is 5.32 Å². The van der Waals surface area contributed by atoms with E-state index in [0.29, 0.717) is 16.9 Å². The monoisotopic (exact) mass is 451 g/mol. The number of hydrogen-bond donors (Lipinski definition) is 1. The quantitative estimate of drug-likeness (QED) is 0.597. The molecule has 3 aromatic rings. The van der Waals surface area contributed by atoms with Crippen LogP contribution < -0.4 is 9.62 Å².